The fourth-order valence-corrected chi connectivity index (χ4v) is 4.17. The van der Waals surface area contributed by atoms with E-state index < -0.39 is 5.60 Å². The molecule has 1 saturated carbocycles. The highest BCUT2D eigenvalue weighted by atomic mass is 16.3. The summed E-state index contributed by atoms with van der Waals surface area (Å²) in [6.45, 7) is 9.15. The van der Waals surface area contributed by atoms with Gasteiger partial charge >= 0.3 is 0 Å². The molecule has 24 heavy (non-hydrogen) atoms. The van der Waals surface area contributed by atoms with Gasteiger partial charge in [-0.25, -0.2) is 0 Å². The fraction of sp³-hybridized carbons (Fsp3) is 0.700. The van der Waals surface area contributed by atoms with Gasteiger partial charge < -0.3 is 10.0 Å². The summed E-state index contributed by atoms with van der Waals surface area (Å²) in [5, 5.41) is 10.7. The molecule has 1 aromatic heterocycles. The molecule has 0 bridgehead atoms. The Morgan fingerprint density at radius 2 is 1.75 bits per heavy atom. The van der Waals surface area contributed by atoms with Gasteiger partial charge in [-0.2, -0.15) is 0 Å². The first-order chi connectivity index (χ1) is 11.3. The molecule has 3 rings (SSSR count). The highest BCUT2D eigenvalue weighted by Gasteiger charge is 2.52. The van der Waals surface area contributed by atoms with Gasteiger partial charge in [-0.1, -0.05) is 27.7 Å². The van der Waals surface area contributed by atoms with Gasteiger partial charge in [-0.05, 0) is 56.1 Å². The van der Waals surface area contributed by atoms with Gasteiger partial charge in [0.15, 0.2) is 0 Å². The zero-order chi connectivity index (χ0) is 17.5. The second kappa shape index (κ2) is 6.14. The molecular formula is C20H30N2O2. The second-order valence-electron chi connectivity index (χ2n) is 8.34. The lowest BCUT2D eigenvalue weighted by molar-refractivity contribution is -0.132. The molecule has 1 spiro atoms. The first-order valence-corrected chi connectivity index (χ1v) is 9.28. The lowest BCUT2D eigenvalue weighted by Gasteiger charge is -2.43. The molecule has 132 valence electrons. The van der Waals surface area contributed by atoms with Gasteiger partial charge in [-0.15, -0.1) is 0 Å². The number of amides is 1. The van der Waals surface area contributed by atoms with Crippen LogP contribution in [-0.4, -0.2) is 28.1 Å². The van der Waals surface area contributed by atoms with E-state index in [1.807, 2.05) is 23.2 Å². The molecule has 2 fully saturated rings. The highest BCUT2D eigenvalue weighted by molar-refractivity contribution is 5.99. The van der Waals surface area contributed by atoms with Crippen LogP contribution in [0.15, 0.2) is 18.3 Å². The number of rotatable bonds is 3. The summed E-state index contributed by atoms with van der Waals surface area (Å²) in [6.07, 6.45) is 5.79. The molecule has 1 amide bonds. The number of aliphatic hydroxyl groups is 1. The average molecular weight is 330 g/mol. The molecule has 1 aliphatic heterocycles. The summed E-state index contributed by atoms with van der Waals surface area (Å²) >= 11 is 0. The lowest BCUT2D eigenvalue weighted by atomic mass is 9.65. The highest BCUT2D eigenvalue weighted by Crippen LogP contribution is 2.50. The third kappa shape index (κ3) is 2.85. The van der Waals surface area contributed by atoms with Crippen molar-refractivity contribution in [2.24, 2.45) is 11.3 Å². The molecule has 0 unspecified atom stereocenters. The zero-order valence-electron chi connectivity index (χ0n) is 15.4. The maximum Gasteiger partial charge on any atom is 0.233 e. The Kier molecular flexibility index (Phi) is 4.45. The van der Waals surface area contributed by atoms with Crippen LogP contribution in [0.1, 0.15) is 71.4 Å². The van der Waals surface area contributed by atoms with Crippen molar-refractivity contribution in [3.63, 3.8) is 0 Å². The standard InChI is InChI=1S/C20H30N2O2/c1-14(2)17-6-5-16(13-21-17)22-12-11-19(18(22)23)7-9-20(24,10-8-19)15(3)4/h5-6,13-15,24H,7-12H2,1-4H3/t19-,20+. The van der Waals surface area contributed by atoms with Crippen molar-refractivity contribution in [1.82, 2.24) is 4.98 Å². The Balaban J connectivity index is 1.74. The summed E-state index contributed by atoms with van der Waals surface area (Å²) in [5.74, 6) is 0.870. The Bertz CT molecular complexity index is 599. The van der Waals surface area contributed by atoms with Gasteiger partial charge in [0.05, 0.1) is 22.9 Å². The Labute approximate surface area is 145 Å². The molecule has 1 aliphatic carbocycles. The molecule has 1 saturated heterocycles. The van der Waals surface area contributed by atoms with E-state index in [0.29, 0.717) is 5.92 Å². The first-order valence-electron chi connectivity index (χ1n) is 9.28. The van der Waals surface area contributed by atoms with Crippen molar-refractivity contribution in [2.75, 3.05) is 11.4 Å². The molecule has 1 N–H and O–H groups in total. The fourth-order valence-electron chi connectivity index (χ4n) is 4.17. The first kappa shape index (κ1) is 17.4. The Hall–Kier alpha value is -1.42. The zero-order valence-corrected chi connectivity index (χ0v) is 15.4. The quantitative estimate of drug-likeness (QED) is 0.915. The largest absolute Gasteiger partial charge is 0.390 e. The molecule has 0 radical (unpaired) electrons. The number of carbonyl (C=O) groups excluding carboxylic acids is 1. The number of hydrogen-bond donors (Lipinski definition) is 1. The van der Waals surface area contributed by atoms with Crippen LogP contribution in [0, 0.1) is 11.3 Å². The van der Waals surface area contributed by atoms with Crippen LogP contribution in [0.25, 0.3) is 0 Å². The van der Waals surface area contributed by atoms with E-state index in [1.54, 1.807) is 0 Å². The normalized spacial score (nSPS) is 30.8. The van der Waals surface area contributed by atoms with Crippen LogP contribution in [0.4, 0.5) is 5.69 Å². The summed E-state index contributed by atoms with van der Waals surface area (Å²) < 4.78 is 0. The third-order valence-electron chi connectivity index (χ3n) is 6.33. The smallest absolute Gasteiger partial charge is 0.233 e. The summed E-state index contributed by atoms with van der Waals surface area (Å²) in [7, 11) is 0. The average Bonchev–Trinajstić information content (AvgIpc) is 2.87. The Morgan fingerprint density at radius 1 is 1.08 bits per heavy atom. The van der Waals surface area contributed by atoms with E-state index in [0.717, 1.165) is 50.0 Å². The van der Waals surface area contributed by atoms with Crippen molar-refractivity contribution < 1.29 is 9.90 Å². The predicted octanol–water partition coefficient (Wildman–Crippen LogP) is 3.89. The SMILES string of the molecule is CC(C)c1ccc(N2CC[C@]3(CC[C@@](O)(C(C)C)CC3)C2=O)cn1. The van der Waals surface area contributed by atoms with Gasteiger partial charge in [0, 0.05) is 12.2 Å². The van der Waals surface area contributed by atoms with Crippen LogP contribution in [0.3, 0.4) is 0 Å². The number of nitrogens with zero attached hydrogens (tertiary/aromatic N) is 2. The van der Waals surface area contributed by atoms with E-state index in [4.69, 9.17) is 0 Å². The monoisotopic (exact) mass is 330 g/mol. The third-order valence-corrected chi connectivity index (χ3v) is 6.33. The molecule has 2 heterocycles. The van der Waals surface area contributed by atoms with Gasteiger partial charge in [0.25, 0.3) is 0 Å². The number of aromatic nitrogens is 1. The molecular weight excluding hydrogens is 300 g/mol. The topological polar surface area (TPSA) is 53.4 Å². The van der Waals surface area contributed by atoms with E-state index in [1.165, 1.54) is 0 Å². The summed E-state index contributed by atoms with van der Waals surface area (Å²) in [5.41, 5.74) is 1.10. The van der Waals surface area contributed by atoms with Crippen LogP contribution in [0.5, 0.6) is 0 Å². The van der Waals surface area contributed by atoms with Crippen LogP contribution < -0.4 is 4.90 Å². The summed E-state index contributed by atoms with van der Waals surface area (Å²) in [4.78, 5) is 19.5. The maximum atomic E-state index is 13.1. The minimum atomic E-state index is -0.598. The summed E-state index contributed by atoms with van der Waals surface area (Å²) in [6, 6.07) is 4.04. The maximum absolute atomic E-state index is 13.1. The van der Waals surface area contributed by atoms with Crippen LogP contribution in [0.2, 0.25) is 0 Å². The van der Waals surface area contributed by atoms with Gasteiger partial charge in [0.1, 0.15) is 0 Å². The number of anilines is 1. The number of pyridine rings is 1. The van der Waals surface area contributed by atoms with Crippen molar-refractivity contribution in [3.8, 4) is 0 Å². The molecule has 4 nitrogen and oxygen atoms in total. The van der Waals surface area contributed by atoms with E-state index >= 15 is 0 Å². The lowest BCUT2D eigenvalue weighted by Crippen LogP contribution is -2.46. The minimum absolute atomic E-state index is 0.229. The van der Waals surface area contributed by atoms with Gasteiger partial charge in [0.2, 0.25) is 5.91 Å². The Morgan fingerprint density at radius 3 is 2.25 bits per heavy atom. The van der Waals surface area contributed by atoms with Crippen molar-refractivity contribution >= 4 is 11.6 Å². The molecule has 1 aromatic rings. The van der Waals surface area contributed by atoms with Crippen LogP contribution >= 0.6 is 0 Å². The van der Waals surface area contributed by atoms with Crippen molar-refractivity contribution in [3.05, 3.63) is 24.0 Å². The van der Waals surface area contributed by atoms with E-state index in [2.05, 4.69) is 32.7 Å². The van der Waals surface area contributed by atoms with Crippen molar-refractivity contribution in [1.29, 1.82) is 0 Å². The molecule has 0 atom stereocenters. The second-order valence-corrected chi connectivity index (χ2v) is 8.34. The van der Waals surface area contributed by atoms with E-state index in [-0.39, 0.29) is 17.2 Å². The van der Waals surface area contributed by atoms with E-state index in [9.17, 15) is 9.90 Å². The molecule has 4 heteroatoms. The molecule has 0 aromatic carbocycles. The number of hydrogen-bond acceptors (Lipinski definition) is 3. The minimum Gasteiger partial charge on any atom is -0.390 e. The predicted molar refractivity (Wildman–Crippen MR) is 96.0 cm³/mol. The molecule has 2 aliphatic rings. The van der Waals surface area contributed by atoms with Crippen LogP contribution in [-0.2, 0) is 4.79 Å². The van der Waals surface area contributed by atoms with Crippen molar-refractivity contribution in [2.45, 2.75) is 71.3 Å². The number of carbonyl (C=O) groups is 1. The van der Waals surface area contributed by atoms with Gasteiger partial charge in [-0.3, -0.25) is 9.78 Å².